The van der Waals surface area contributed by atoms with Gasteiger partial charge in [-0.05, 0) is 30.2 Å². The zero-order chi connectivity index (χ0) is 15.2. The molecule has 0 heterocycles. The Morgan fingerprint density at radius 3 is 2.38 bits per heavy atom. The molecule has 0 unspecified atom stereocenters. The molecule has 21 heavy (non-hydrogen) atoms. The summed E-state index contributed by atoms with van der Waals surface area (Å²) in [6.45, 7) is 1.93. The van der Waals surface area contributed by atoms with Gasteiger partial charge >= 0.3 is 6.03 Å². The summed E-state index contributed by atoms with van der Waals surface area (Å²) in [5, 5.41) is 5.26. The van der Waals surface area contributed by atoms with Gasteiger partial charge in [0.1, 0.15) is 6.04 Å². The molecule has 108 valence electrons. The monoisotopic (exact) mass is 283 g/mol. The van der Waals surface area contributed by atoms with E-state index in [0.717, 1.165) is 5.56 Å². The number of nitrogens with two attached hydrogens (primary N) is 1. The largest absolute Gasteiger partial charge is 0.368 e. The van der Waals surface area contributed by atoms with Crippen molar-refractivity contribution >= 4 is 17.6 Å². The molecular weight excluding hydrogens is 266 g/mol. The predicted molar refractivity (Wildman–Crippen MR) is 81.7 cm³/mol. The van der Waals surface area contributed by atoms with Crippen molar-refractivity contribution in [2.75, 3.05) is 5.32 Å². The second-order valence-corrected chi connectivity index (χ2v) is 4.71. The number of rotatable bonds is 4. The summed E-state index contributed by atoms with van der Waals surface area (Å²) >= 11 is 0. The van der Waals surface area contributed by atoms with Gasteiger partial charge < -0.3 is 16.4 Å². The number of primary amides is 1. The first-order valence-corrected chi connectivity index (χ1v) is 6.54. The molecule has 0 spiro atoms. The Balaban J connectivity index is 2.07. The average molecular weight is 283 g/mol. The van der Waals surface area contributed by atoms with Gasteiger partial charge in [0, 0.05) is 5.69 Å². The molecule has 0 aliphatic heterocycles. The van der Waals surface area contributed by atoms with Crippen molar-refractivity contribution in [1.29, 1.82) is 0 Å². The van der Waals surface area contributed by atoms with E-state index in [0.29, 0.717) is 11.3 Å². The maximum atomic E-state index is 12.0. The predicted octanol–water partition coefficient (Wildman–Crippen LogP) is 2.34. The number of aryl methyl sites for hydroxylation is 1. The quantitative estimate of drug-likeness (QED) is 0.804. The van der Waals surface area contributed by atoms with Gasteiger partial charge in [0.2, 0.25) is 5.91 Å². The minimum Gasteiger partial charge on any atom is -0.368 e. The molecule has 1 atom stereocenters. The van der Waals surface area contributed by atoms with E-state index in [1.807, 2.05) is 31.2 Å². The second-order valence-electron chi connectivity index (χ2n) is 4.71. The first-order chi connectivity index (χ1) is 10.1. The van der Waals surface area contributed by atoms with E-state index >= 15 is 0 Å². The van der Waals surface area contributed by atoms with Gasteiger partial charge in [0.05, 0.1) is 0 Å². The number of anilines is 1. The highest BCUT2D eigenvalue weighted by molar-refractivity contribution is 5.93. The lowest BCUT2D eigenvalue weighted by Gasteiger charge is -2.16. The van der Waals surface area contributed by atoms with Crippen molar-refractivity contribution in [2.24, 2.45) is 5.73 Å². The summed E-state index contributed by atoms with van der Waals surface area (Å²) in [5.74, 6) is -0.611. The van der Waals surface area contributed by atoms with Gasteiger partial charge in [-0.3, -0.25) is 4.79 Å². The minimum absolute atomic E-state index is 0.478. The van der Waals surface area contributed by atoms with Gasteiger partial charge in [0.15, 0.2) is 0 Å². The standard InChI is InChI=1S/C16H17N3O2/c1-11-6-5-9-13(10-11)18-16(21)19-14(15(17)20)12-7-3-2-4-8-12/h2-10,14H,1H3,(H2,17,20)(H2,18,19,21)/t14-/m0/s1. The van der Waals surface area contributed by atoms with Crippen molar-refractivity contribution in [3.8, 4) is 0 Å². The van der Waals surface area contributed by atoms with Crippen LogP contribution in [0.4, 0.5) is 10.5 Å². The lowest BCUT2D eigenvalue weighted by atomic mass is 10.1. The van der Waals surface area contributed by atoms with E-state index in [4.69, 9.17) is 5.73 Å². The van der Waals surface area contributed by atoms with E-state index in [9.17, 15) is 9.59 Å². The van der Waals surface area contributed by atoms with Crippen LogP contribution in [0.2, 0.25) is 0 Å². The molecule has 0 saturated carbocycles. The number of amides is 3. The molecule has 5 nitrogen and oxygen atoms in total. The minimum atomic E-state index is -0.865. The van der Waals surface area contributed by atoms with Crippen LogP contribution in [0.25, 0.3) is 0 Å². The van der Waals surface area contributed by atoms with Crippen molar-refractivity contribution in [1.82, 2.24) is 5.32 Å². The third kappa shape index (κ3) is 4.07. The van der Waals surface area contributed by atoms with Crippen molar-refractivity contribution in [3.05, 3.63) is 65.7 Å². The van der Waals surface area contributed by atoms with Gasteiger partial charge in [-0.15, -0.1) is 0 Å². The Bertz CT molecular complexity index is 641. The average Bonchev–Trinajstić information content (AvgIpc) is 2.45. The molecule has 4 N–H and O–H groups in total. The molecule has 2 aromatic carbocycles. The Labute approximate surface area is 123 Å². The summed E-state index contributed by atoms with van der Waals surface area (Å²) in [6, 6.07) is 14.9. The Morgan fingerprint density at radius 2 is 1.76 bits per heavy atom. The summed E-state index contributed by atoms with van der Waals surface area (Å²) < 4.78 is 0. The van der Waals surface area contributed by atoms with Gasteiger partial charge in [-0.2, -0.15) is 0 Å². The van der Waals surface area contributed by atoms with Crippen LogP contribution in [0.5, 0.6) is 0 Å². The first-order valence-electron chi connectivity index (χ1n) is 6.54. The lowest BCUT2D eigenvalue weighted by molar-refractivity contribution is -0.119. The number of carbonyl (C=O) groups excluding carboxylic acids is 2. The summed E-state index contributed by atoms with van der Waals surface area (Å²) in [4.78, 5) is 23.5. The molecule has 0 aliphatic carbocycles. The zero-order valence-electron chi connectivity index (χ0n) is 11.7. The Kier molecular flexibility index (Phi) is 4.56. The fourth-order valence-corrected chi connectivity index (χ4v) is 1.99. The molecule has 2 rings (SSSR count). The number of carbonyl (C=O) groups is 2. The molecule has 5 heteroatoms. The van der Waals surface area contributed by atoms with E-state index in [2.05, 4.69) is 10.6 Å². The van der Waals surface area contributed by atoms with Crippen LogP contribution < -0.4 is 16.4 Å². The fourth-order valence-electron chi connectivity index (χ4n) is 1.99. The van der Waals surface area contributed by atoms with Crippen LogP contribution in [0.15, 0.2) is 54.6 Å². The molecule has 2 aromatic rings. The number of nitrogens with one attached hydrogen (secondary N) is 2. The molecule has 0 fully saturated rings. The number of hydrogen-bond donors (Lipinski definition) is 3. The summed E-state index contributed by atoms with van der Waals surface area (Å²) in [5.41, 5.74) is 7.68. The van der Waals surface area contributed by atoms with Gasteiger partial charge in [-0.25, -0.2) is 4.79 Å². The molecule has 0 radical (unpaired) electrons. The Morgan fingerprint density at radius 1 is 1.05 bits per heavy atom. The molecule has 3 amide bonds. The summed E-state index contributed by atoms with van der Waals surface area (Å²) in [6.07, 6.45) is 0. The van der Waals surface area contributed by atoms with Crippen LogP contribution in [0, 0.1) is 6.92 Å². The third-order valence-electron chi connectivity index (χ3n) is 2.97. The smallest absolute Gasteiger partial charge is 0.320 e. The maximum Gasteiger partial charge on any atom is 0.320 e. The highest BCUT2D eigenvalue weighted by Crippen LogP contribution is 2.13. The highest BCUT2D eigenvalue weighted by Gasteiger charge is 2.19. The Hall–Kier alpha value is -2.82. The highest BCUT2D eigenvalue weighted by atomic mass is 16.2. The molecule has 0 bridgehead atoms. The molecule has 0 aromatic heterocycles. The molecule has 0 saturated heterocycles. The number of hydrogen-bond acceptors (Lipinski definition) is 2. The molecular formula is C16H17N3O2. The van der Waals surface area contributed by atoms with Crippen LogP contribution in [0.3, 0.4) is 0 Å². The third-order valence-corrected chi connectivity index (χ3v) is 2.97. The van der Waals surface area contributed by atoms with Gasteiger partial charge in [-0.1, -0.05) is 42.5 Å². The first kappa shape index (κ1) is 14.6. The number of benzene rings is 2. The topological polar surface area (TPSA) is 84.2 Å². The van der Waals surface area contributed by atoms with E-state index < -0.39 is 18.0 Å². The van der Waals surface area contributed by atoms with Crippen molar-refractivity contribution in [2.45, 2.75) is 13.0 Å². The van der Waals surface area contributed by atoms with Crippen LogP contribution in [-0.4, -0.2) is 11.9 Å². The van der Waals surface area contributed by atoms with Crippen molar-refractivity contribution < 1.29 is 9.59 Å². The second kappa shape index (κ2) is 6.56. The maximum absolute atomic E-state index is 12.0. The van der Waals surface area contributed by atoms with E-state index in [1.54, 1.807) is 30.3 Å². The van der Waals surface area contributed by atoms with Crippen LogP contribution >= 0.6 is 0 Å². The SMILES string of the molecule is Cc1cccc(NC(=O)N[C@H](C(N)=O)c2ccccc2)c1. The van der Waals surface area contributed by atoms with Crippen molar-refractivity contribution in [3.63, 3.8) is 0 Å². The van der Waals surface area contributed by atoms with E-state index in [1.165, 1.54) is 0 Å². The molecule has 0 aliphatic rings. The van der Waals surface area contributed by atoms with Crippen LogP contribution in [0.1, 0.15) is 17.2 Å². The fraction of sp³-hybridized carbons (Fsp3) is 0.125. The number of urea groups is 1. The normalized spacial score (nSPS) is 11.5. The van der Waals surface area contributed by atoms with E-state index in [-0.39, 0.29) is 0 Å². The van der Waals surface area contributed by atoms with Crippen LogP contribution in [-0.2, 0) is 4.79 Å². The van der Waals surface area contributed by atoms with Gasteiger partial charge in [0.25, 0.3) is 0 Å². The summed E-state index contributed by atoms with van der Waals surface area (Å²) in [7, 11) is 0. The zero-order valence-corrected chi connectivity index (χ0v) is 11.7. The lowest BCUT2D eigenvalue weighted by Crippen LogP contribution is -2.39.